The SMILES string of the molecule is Cc1ccc(C(N)=NO)c(OC2CCC(C)C(C)C2)c1. The molecule has 1 saturated carbocycles. The number of amidine groups is 1. The summed E-state index contributed by atoms with van der Waals surface area (Å²) in [5.74, 6) is 2.24. The molecule has 3 atom stereocenters. The largest absolute Gasteiger partial charge is 0.490 e. The van der Waals surface area contributed by atoms with E-state index in [2.05, 4.69) is 19.0 Å². The number of ether oxygens (including phenoxy) is 1. The van der Waals surface area contributed by atoms with Gasteiger partial charge in [-0.15, -0.1) is 0 Å². The molecule has 1 aliphatic rings. The lowest BCUT2D eigenvalue weighted by atomic mass is 9.80. The van der Waals surface area contributed by atoms with Crippen LogP contribution in [0.15, 0.2) is 23.4 Å². The third-order valence-corrected chi connectivity index (χ3v) is 4.36. The van der Waals surface area contributed by atoms with Gasteiger partial charge in [0.2, 0.25) is 0 Å². The Morgan fingerprint density at radius 1 is 1.30 bits per heavy atom. The number of hydrogen-bond acceptors (Lipinski definition) is 3. The van der Waals surface area contributed by atoms with Gasteiger partial charge in [0.25, 0.3) is 0 Å². The van der Waals surface area contributed by atoms with E-state index in [1.165, 1.54) is 6.42 Å². The topological polar surface area (TPSA) is 67.8 Å². The first-order valence-corrected chi connectivity index (χ1v) is 7.26. The zero-order valence-corrected chi connectivity index (χ0v) is 12.5. The lowest BCUT2D eigenvalue weighted by Crippen LogP contribution is -2.29. The molecule has 20 heavy (non-hydrogen) atoms. The first-order chi connectivity index (χ1) is 9.51. The first kappa shape index (κ1) is 14.7. The van der Waals surface area contributed by atoms with Crippen LogP contribution in [0.4, 0.5) is 0 Å². The summed E-state index contributed by atoms with van der Waals surface area (Å²) in [7, 11) is 0. The van der Waals surface area contributed by atoms with Crippen molar-refractivity contribution in [2.75, 3.05) is 0 Å². The zero-order valence-electron chi connectivity index (χ0n) is 12.5. The molecule has 0 radical (unpaired) electrons. The highest BCUT2D eigenvalue weighted by molar-refractivity contribution is 5.99. The number of nitrogens with zero attached hydrogens (tertiary/aromatic N) is 1. The van der Waals surface area contributed by atoms with Gasteiger partial charge >= 0.3 is 0 Å². The Balaban J connectivity index is 2.18. The van der Waals surface area contributed by atoms with E-state index in [0.29, 0.717) is 17.2 Å². The van der Waals surface area contributed by atoms with Crippen LogP contribution in [0.2, 0.25) is 0 Å². The molecule has 0 amide bonds. The smallest absolute Gasteiger partial charge is 0.173 e. The fraction of sp³-hybridized carbons (Fsp3) is 0.562. The zero-order chi connectivity index (χ0) is 14.7. The van der Waals surface area contributed by atoms with Crippen LogP contribution in [-0.2, 0) is 0 Å². The summed E-state index contributed by atoms with van der Waals surface area (Å²) < 4.78 is 6.14. The molecule has 0 bridgehead atoms. The molecular formula is C16H24N2O2. The number of hydrogen-bond donors (Lipinski definition) is 2. The highest BCUT2D eigenvalue weighted by Gasteiger charge is 2.26. The quantitative estimate of drug-likeness (QED) is 0.385. The molecule has 4 heteroatoms. The number of nitrogens with two attached hydrogens (primary N) is 1. The number of rotatable bonds is 3. The van der Waals surface area contributed by atoms with Gasteiger partial charge in [-0.3, -0.25) is 0 Å². The van der Waals surface area contributed by atoms with Crippen molar-refractivity contribution in [3.05, 3.63) is 29.3 Å². The van der Waals surface area contributed by atoms with Gasteiger partial charge in [-0.05, 0) is 55.7 Å². The van der Waals surface area contributed by atoms with Crippen LogP contribution in [0.1, 0.15) is 44.2 Å². The number of aryl methyl sites for hydroxylation is 1. The standard InChI is InChI=1S/C16H24N2O2/c1-10-4-7-14(16(17)18-19)15(8-10)20-13-6-5-11(2)12(3)9-13/h4,7-8,11-13,19H,5-6,9H2,1-3H3,(H2,17,18). The van der Waals surface area contributed by atoms with E-state index in [1.54, 1.807) is 0 Å². The van der Waals surface area contributed by atoms with Crippen molar-refractivity contribution in [3.8, 4) is 5.75 Å². The van der Waals surface area contributed by atoms with Crippen LogP contribution in [0.5, 0.6) is 5.75 Å². The average molecular weight is 276 g/mol. The molecule has 3 N–H and O–H groups in total. The van der Waals surface area contributed by atoms with Crippen molar-refractivity contribution in [2.24, 2.45) is 22.7 Å². The van der Waals surface area contributed by atoms with Crippen LogP contribution >= 0.6 is 0 Å². The second-order valence-corrected chi connectivity index (χ2v) is 5.99. The molecule has 4 nitrogen and oxygen atoms in total. The van der Waals surface area contributed by atoms with Gasteiger partial charge in [-0.2, -0.15) is 0 Å². The van der Waals surface area contributed by atoms with Crippen molar-refractivity contribution < 1.29 is 9.94 Å². The van der Waals surface area contributed by atoms with Gasteiger partial charge < -0.3 is 15.7 Å². The van der Waals surface area contributed by atoms with Crippen molar-refractivity contribution in [3.63, 3.8) is 0 Å². The van der Waals surface area contributed by atoms with Crippen LogP contribution < -0.4 is 10.5 Å². The molecule has 2 rings (SSSR count). The minimum absolute atomic E-state index is 0.0947. The van der Waals surface area contributed by atoms with E-state index in [0.717, 1.165) is 24.3 Å². The fourth-order valence-electron chi connectivity index (χ4n) is 2.78. The monoisotopic (exact) mass is 276 g/mol. The summed E-state index contributed by atoms with van der Waals surface area (Å²) in [5.41, 5.74) is 7.48. The van der Waals surface area contributed by atoms with E-state index < -0.39 is 0 Å². The molecular weight excluding hydrogens is 252 g/mol. The average Bonchev–Trinajstić information content (AvgIpc) is 2.42. The molecule has 0 saturated heterocycles. The van der Waals surface area contributed by atoms with E-state index in [9.17, 15) is 0 Å². The summed E-state index contributed by atoms with van der Waals surface area (Å²) in [4.78, 5) is 0. The predicted octanol–water partition coefficient (Wildman–Crippen LogP) is 3.29. The maximum absolute atomic E-state index is 8.87. The molecule has 0 spiro atoms. The molecule has 110 valence electrons. The van der Waals surface area contributed by atoms with Gasteiger partial charge in [0, 0.05) is 0 Å². The van der Waals surface area contributed by atoms with Crippen LogP contribution in [-0.4, -0.2) is 17.1 Å². The molecule has 3 unspecified atom stereocenters. The summed E-state index contributed by atoms with van der Waals surface area (Å²) >= 11 is 0. The second kappa shape index (κ2) is 6.16. The molecule has 1 aromatic carbocycles. The third kappa shape index (κ3) is 3.24. The van der Waals surface area contributed by atoms with Gasteiger partial charge in [0.05, 0.1) is 11.7 Å². The normalized spacial score (nSPS) is 27.4. The van der Waals surface area contributed by atoms with Crippen LogP contribution in [0.25, 0.3) is 0 Å². The van der Waals surface area contributed by atoms with E-state index in [-0.39, 0.29) is 11.9 Å². The lowest BCUT2D eigenvalue weighted by Gasteiger charge is -2.32. The van der Waals surface area contributed by atoms with Gasteiger partial charge in [0.15, 0.2) is 5.84 Å². The summed E-state index contributed by atoms with van der Waals surface area (Å²) in [6.07, 6.45) is 3.53. The summed E-state index contributed by atoms with van der Waals surface area (Å²) in [6.45, 7) is 6.59. The fourth-order valence-corrected chi connectivity index (χ4v) is 2.78. The van der Waals surface area contributed by atoms with Gasteiger partial charge in [-0.25, -0.2) is 0 Å². The molecule has 1 aliphatic carbocycles. The number of benzene rings is 1. The van der Waals surface area contributed by atoms with Gasteiger partial charge in [0.1, 0.15) is 5.75 Å². The highest BCUT2D eigenvalue weighted by atomic mass is 16.5. The van der Waals surface area contributed by atoms with Crippen LogP contribution in [0, 0.1) is 18.8 Å². The minimum Gasteiger partial charge on any atom is -0.490 e. The van der Waals surface area contributed by atoms with Crippen molar-refractivity contribution in [1.82, 2.24) is 0 Å². The molecule has 1 fully saturated rings. The lowest BCUT2D eigenvalue weighted by molar-refractivity contribution is 0.100. The van der Waals surface area contributed by atoms with Crippen molar-refractivity contribution in [2.45, 2.75) is 46.1 Å². The number of oxime groups is 1. The Labute approximate surface area is 120 Å². The predicted molar refractivity (Wildman–Crippen MR) is 80.3 cm³/mol. The molecule has 0 aliphatic heterocycles. The molecule has 0 heterocycles. The maximum atomic E-state index is 8.87. The Hall–Kier alpha value is -1.71. The van der Waals surface area contributed by atoms with Crippen LogP contribution in [0.3, 0.4) is 0 Å². The Morgan fingerprint density at radius 2 is 2.05 bits per heavy atom. The Kier molecular flexibility index (Phi) is 4.53. The second-order valence-electron chi connectivity index (χ2n) is 5.99. The maximum Gasteiger partial charge on any atom is 0.173 e. The molecule has 0 aromatic heterocycles. The van der Waals surface area contributed by atoms with E-state index in [4.69, 9.17) is 15.7 Å². The van der Waals surface area contributed by atoms with Gasteiger partial charge in [-0.1, -0.05) is 25.1 Å². The Bertz CT molecular complexity index is 499. The summed E-state index contributed by atoms with van der Waals surface area (Å²) in [6, 6.07) is 5.73. The van der Waals surface area contributed by atoms with Crippen molar-refractivity contribution >= 4 is 5.84 Å². The first-order valence-electron chi connectivity index (χ1n) is 7.26. The summed E-state index contributed by atoms with van der Waals surface area (Å²) in [5, 5.41) is 12.0. The van der Waals surface area contributed by atoms with Crippen molar-refractivity contribution in [1.29, 1.82) is 0 Å². The Morgan fingerprint density at radius 3 is 2.70 bits per heavy atom. The van der Waals surface area contributed by atoms with E-state index >= 15 is 0 Å². The molecule has 1 aromatic rings. The third-order valence-electron chi connectivity index (χ3n) is 4.36. The highest BCUT2D eigenvalue weighted by Crippen LogP contribution is 2.33. The minimum atomic E-state index is 0.0947. The van der Waals surface area contributed by atoms with E-state index in [1.807, 2.05) is 25.1 Å².